The Bertz CT molecular complexity index is 306. The molecule has 0 amide bonds. The lowest BCUT2D eigenvalue weighted by molar-refractivity contribution is 0.721. The molecule has 1 aromatic carbocycles. The normalized spacial score (nSPS) is 17.6. The van der Waals surface area contributed by atoms with Gasteiger partial charge in [0.15, 0.2) is 0 Å². The predicted molar refractivity (Wildman–Crippen MR) is 61.8 cm³/mol. The Kier molecular flexibility index (Phi) is 2.90. The van der Waals surface area contributed by atoms with Crippen LogP contribution in [0.15, 0.2) is 18.2 Å². The molecule has 0 aromatic heterocycles. The van der Waals surface area contributed by atoms with Crippen molar-refractivity contribution >= 4 is 0 Å². The summed E-state index contributed by atoms with van der Waals surface area (Å²) in [6, 6.07) is 7.07. The van der Waals surface area contributed by atoms with Crippen molar-refractivity contribution in [1.29, 1.82) is 0 Å². The topological polar surface area (TPSA) is 0 Å². The Hall–Kier alpha value is -0.780. The van der Waals surface area contributed by atoms with Crippen LogP contribution in [0.5, 0.6) is 0 Å². The second kappa shape index (κ2) is 4.16. The summed E-state index contributed by atoms with van der Waals surface area (Å²) >= 11 is 0. The van der Waals surface area contributed by atoms with Gasteiger partial charge in [-0.2, -0.15) is 0 Å². The molecule has 0 saturated heterocycles. The first-order valence-electron chi connectivity index (χ1n) is 5.90. The largest absolute Gasteiger partial charge is 0.0613 e. The molecule has 0 heteroatoms. The SMILES string of the molecule is CCc1cc(C2CCCC2)ccc1C. The van der Waals surface area contributed by atoms with Crippen molar-refractivity contribution in [2.75, 3.05) is 0 Å². The van der Waals surface area contributed by atoms with E-state index >= 15 is 0 Å². The van der Waals surface area contributed by atoms with Crippen LogP contribution in [0.1, 0.15) is 55.2 Å². The molecular weight excluding hydrogens is 168 g/mol. The fourth-order valence-electron chi connectivity index (χ4n) is 2.59. The van der Waals surface area contributed by atoms with E-state index in [-0.39, 0.29) is 0 Å². The highest BCUT2D eigenvalue weighted by molar-refractivity contribution is 5.33. The molecule has 1 saturated carbocycles. The van der Waals surface area contributed by atoms with Crippen LogP contribution in [0.3, 0.4) is 0 Å². The molecule has 0 radical (unpaired) electrons. The summed E-state index contributed by atoms with van der Waals surface area (Å²) in [7, 11) is 0. The van der Waals surface area contributed by atoms with E-state index in [0.29, 0.717) is 0 Å². The van der Waals surface area contributed by atoms with Crippen LogP contribution in [0.2, 0.25) is 0 Å². The standard InChI is InChI=1S/C14H20/c1-3-12-10-14(9-8-11(12)2)13-6-4-5-7-13/h8-10,13H,3-7H2,1-2H3. The number of rotatable bonds is 2. The van der Waals surface area contributed by atoms with Crippen molar-refractivity contribution < 1.29 is 0 Å². The van der Waals surface area contributed by atoms with Gasteiger partial charge in [-0.25, -0.2) is 0 Å². The smallest absolute Gasteiger partial charge is 0.0162 e. The van der Waals surface area contributed by atoms with Crippen molar-refractivity contribution in [3.8, 4) is 0 Å². The summed E-state index contributed by atoms with van der Waals surface area (Å²) in [5, 5.41) is 0. The predicted octanol–water partition coefficient (Wildman–Crippen LogP) is 4.22. The van der Waals surface area contributed by atoms with Gasteiger partial charge in [0.2, 0.25) is 0 Å². The van der Waals surface area contributed by atoms with E-state index < -0.39 is 0 Å². The lowest BCUT2D eigenvalue weighted by Crippen LogP contribution is -1.95. The van der Waals surface area contributed by atoms with E-state index in [1.54, 1.807) is 5.56 Å². The minimum Gasteiger partial charge on any atom is -0.0613 e. The lowest BCUT2D eigenvalue weighted by Gasteiger charge is -2.12. The van der Waals surface area contributed by atoms with Gasteiger partial charge in [0.1, 0.15) is 0 Å². The van der Waals surface area contributed by atoms with Gasteiger partial charge < -0.3 is 0 Å². The van der Waals surface area contributed by atoms with Gasteiger partial charge in [0.25, 0.3) is 0 Å². The zero-order valence-electron chi connectivity index (χ0n) is 9.34. The first-order valence-corrected chi connectivity index (χ1v) is 5.90. The van der Waals surface area contributed by atoms with Gasteiger partial charge in [-0.15, -0.1) is 0 Å². The van der Waals surface area contributed by atoms with Crippen molar-refractivity contribution in [2.45, 2.75) is 51.9 Å². The van der Waals surface area contributed by atoms with Gasteiger partial charge in [0.05, 0.1) is 0 Å². The Morgan fingerprint density at radius 3 is 2.57 bits per heavy atom. The molecule has 0 bridgehead atoms. The zero-order valence-corrected chi connectivity index (χ0v) is 9.34. The summed E-state index contributed by atoms with van der Waals surface area (Å²) in [5.41, 5.74) is 4.58. The van der Waals surface area contributed by atoms with E-state index in [9.17, 15) is 0 Å². The van der Waals surface area contributed by atoms with E-state index in [2.05, 4.69) is 32.0 Å². The highest BCUT2D eigenvalue weighted by Crippen LogP contribution is 2.34. The average molecular weight is 188 g/mol. The van der Waals surface area contributed by atoms with Gasteiger partial charge in [-0.05, 0) is 48.8 Å². The number of benzene rings is 1. The molecule has 1 aromatic rings. The van der Waals surface area contributed by atoms with Crippen molar-refractivity contribution in [3.05, 3.63) is 34.9 Å². The highest BCUT2D eigenvalue weighted by Gasteiger charge is 2.17. The molecular formula is C14H20. The minimum atomic E-state index is 0.862. The monoisotopic (exact) mass is 188 g/mol. The molecule has 0 aliphatic heterocycles. The summed E-state index contributed by atoms with van der Waals surface area (Å²) in [6.45, 7) is 4.47. The molecule has 1 aliphatic carbocycles. The van der Waals surface area contributed by atoms with Gasteiger partial charge in [0, 0.05) is 0 Å². The minimum absolute atomic E-state index is 0.862. The van der Waals surface area contributed by atoms with Crippen LogP contribution < -0.4 is 0 Å². The molecule has 76 valence electrons. The summed E-state index contributed by atoms with van der Waals surface area (Å²) in [4.78, 5) is 0. The summed E-state index contributed by atoms with van der Waals surface area (Å²) in [6.07, 6.45) is 6.85. The Morgan fingerprint density at radius 2 is 1.93 bits per heavy atom. The van der Waals surface area contributed by atoms with Crippen LogP contribution in [-0.2, 0) is 6.42 Å². The molecule has 2 rings (SSSR count). The van der Waals surface area contributed by atoms with Crippen molar-refractivity contribution in [1.82, 2.24) is 0 Å². The number of aryl methyl sites for hydroxylation is 2. The third-order valence-corrected chi connectivity index (χ3v) is 3.58. The van der Waals surface area contributed by atoms with Crippen LogP contribution in [0.25, 0.3) is 0 Å². The summed E-state index contributed by atoms with van der Waals surface area (Å²) < 4.78 is 0. The van der Waals surface area contributed by atoms with Crippen LogP contribution in [-0.4, -0.2) is 0 Å². The van der Waals surface area contributed by atoms with Gasteiger partial charge in [-0.3, -0.25) is 0 Å². The molecule has 0 spiro atoms. The third-order valence-electron chi connectivity index (χ3n) is 3.58. The van der Waals surface area contributed by atoms with E-state index in [1.165, 1.54) is 43.2 Å². The quantitative estimate of drug-likeness (QED) is 0.652. The average Bonchev–Trinajstić information content (AvgIpc) is 2.71. The maximum Gasteiger partial charge on any atom is -0.0162 e. The highest BCUT2D eigenvalue weighted by atomic mass is 14.2. The van der Waals surface area contributed by atoms with Gasteiger partial charge in [-0.1, -0.05) is 38.0 Å². The number of hydrogen-bond acceptors (Lipinski definition) is 0. The number of hydrogen-bond donors (Lipinski definition) is 0. The maximum absolute atomic E-state index is 2.44. The molecule has 1 fully saturated rings. The van der Waals surface area contributed by atoms with Crippen molar-refractivity contribution in [2.24, 2.45) is 0 Å². The maximum atomic E-state index is 2.44. The molecule has 0 atom stereocenters. The fraction of sp³-hybridized carbons (Fsp3) is 0.571. The second-order valence-electron chi connectivity index (χ2n) is 4.52. The first kappa shape index (κ1) is 9.76. The van der Waals surface area contributed by atoms with Crippen molar-refractivity contribution in [3.63, 3.8) is 0 Å². The molecule has 0 N–H and O–H groups in total. The zero-order chi connectivity index (χ0) is 9.97. The van der Waals surface area contributed by atoms with Gasteiger partial charge >= 0.3 is 0 Å². The second-order valence-corrected chi connectivity index (χ2v) is 4.52. The molecule has 0 unspecified atom stereocenters. The Labute approximate surface area is 87.3 Å². The molecule has 0 nitrogen and oxygen atoms in total. The first-order chi connectivity index (χ1) is 6.81. The molecule has 14 heavy (non-hydrogen) atoms. The van der Waals surface area contributed by atoms with Crippen LogP contribution >= 0.6 is 0 Å². The Balaban J connectivity index is 2.25. The molecule has 0 heterocycles. The van der Waals surface area contributed by atoms with E-state index in [1.807, 2.05) is 0 Å². The fourth-order valence-corrected chi connectivity index (χ4v) is 2.59. The van der Waals surface area contributed by atoms with Crippen LogP contribution in [0.4, 0.5) is 0 Å². The van der Waals surface area contributed by atoms with Crippen LogP contribution in [0, 0.1) is 6.92 Å². The summed E-state index contributed by atoms with van der Waals surface area (Å²) in [5.74, 6) is 0.862. The molecule has 1 aliphatic rings. The van der Waals surface area contributed by atoms with E-state index in [4.69, 9.17) is 0 Å². The third kappa shape index (κ3) is 1.84. The Morgan fingerprint density at radius 1 is 1.21 bits per heavy atom. The van der Waals surface area contributed by atoms with E-state index in [0.717, 1.165) is 5.92 Å². The lowest BCUT2D eigenvalue weighted by atomic mass is 9.93.